The highest BCUT2D eigenvalue weighted by molar-refractivity contribution is 6.30. The van der Waals surface area contributed by atoms with Gasteiger partial charge in [0.15, 0.2) is 0 Å². The fourth-order valence-electron chi connectivity index (χ4n) is 3.34. The molecule has 1 aliphatic heterocycles. The van der Waals surface area contributed by atoms with E-state index in [2.05, 4.69) is 4.98 Å². The maximum atomic E-state index is 12.8. The Bertz CT molecular complexity index is 905. The first-order chi connectivity index (χ1) is 12.2. The van der Waals surface area contributed by atoms with Crippen molar-refractivity contribution in [2.45, 2.75) is 12.5 Å². The zero-order valence-corrected chi connectivity index (χ0v) is 14.5. The summed E-state index contributed by atoms with van der Waals surface area (Å²) in [6, 6.07) is 15.7. The van der Waals surface area contributed by atoms with Crippen LogP contribution in [0.5, 0.6) is 0 Å². The maximum Gasteiger partial charge on any atom is 0.227 e. The van der Waals surface area contributed by atoms with Gasteiger partial charge in [-0.3, -0.25) is 4.79 Å². The summed E-state index contributed by atoms with van der Waals surface area (Å²) < 4.78 is 5.85. The number of ether oxygens (including phenoxy) is 1. The number of amides is 1. The quantitative estimate of drug-likeness (QED) is 0.773. The molecule has 0 radical (unpaired) electrons. The standard InChI is InChI=1S/C20H19ClN2O2/c21-16-5-3-4-14(10-16)19-13-23(8-9-25-19)20(24)11-15-12-22-18-7-2-1-6-17(15)18/h1-7,10,12,19,22H,8-9,11,13H2. The largest absolute Gasteiger partial charge is 0.370 e. The summed E-state index contributed by atoms with van der Waals surface area (Å²) in [6.07, 6.45) is 2.20. The first-order valence-electron chi connectivity index (χ1n) is 8.40. The Labute approximate surface area is 151 Å². The van der Waals surface area contributed by atoms with Crippen LogP contribution in [-0.2, 0) is 16.0 Å². The molecule has 1 saturated heterocycles. The van der Waals surface area contributed by atoms with E-state index in [-0.39, 0.29) is 12.0 Å². The summed E-state index contributed by atoms with van der Waals surface area (Å²) in [6.45, 7) is 1.72. The van der Waals surface area contributed by atoms with Crippen LogP contribution < -0.4 is 0 Å². The van der Waals surface area contributed by atoms with Crippen molar-refractivity contribution in [1.29, 1.82) is 0 Å². The number of aromatic amines is 1. The fourth-order valence-corrected chi connectivity index (χ4v) is 3.54. The molecular formula is C20H19ClN2O2. The van der Waals surface area contributed by atoms with Crippen molar-refractivity contribution in [3.05, 3.63) is 70.9 Å². The summed E-state index contributed by atoms with van der Waals surface area (Å²) in [5.74, 6) is 0.125. The summed E-state index contributed by atoms with van der Waals surface area (Å²) in [5, 5.41) is 1.79. The first-order valence-corrected chi connectivity index (χ1v) is 8.78. The van der Waals surface area contributed by atoms with Crippen LogP contribution in [0, 0.1) is 0 Å². The monoisotopic (exact) mass is 354 g/mol. The number of rotatable bonds is 3. The SMILES string of the molecule is O=C(Cc1c[nH]c2ccccc12)N1CCOC(c2cccc(Cl)c2)C1. The molecule has 1 fully saturated rings. The van der Waals surface area contributed by atoms with Gasteiger partial charge in [-0.1, -0.05) is 41.9 Å². The summed E-state index contributed by atoms with van der Waals surface area (Å²) in [4.78, 5) is 17.9. The zero-order chi connectivity index (χ0) is 17.2. The Kier molecular flexibility index (Phi) is 4.47. The second-order valence-corrected chi connectivity index (χ2v) is 6.73. The second kappa shape index (κ2) is 6.90. The number of carbonyl (C=O) groups is 1. The smallest absolute Gasteiger partial charge is 0.227 e. The van der Waals surface area contributed by atoms with E-state index in [1.165, 1.54) is 0 Å². The predicted octanol–water partition coefficient (Wildman–Crippen LogP) is 3.96. The predicted molar refractivity (Wildman–Crippen MR) is 98.7 cm³/mol. The van der Waals surface area contributed by atoms with Gasteiger partial charge in [-0.25, -0.2) is 0 Å². The number of halogens is 1. The van der Waals surface area contributed by atoms with Gasteiger partial charge >= 0.3 is 0 Å². The number of aromatic nitrogens is 1. The molecule has 0 bridgehead atoms. The van der Waals surface area contributed by atoms with E-state index in [9.17, 15) is 4.79 Å². The number of hydrogen-bond donors (Lipinski definition) is 1. The van der Waals surface area contributed by atoms with Gasteiger partial charge in [0.05, 0.1) is 19.6 Å². The Balaban J connectivity index is 1.48. The molecule has 4 rings (SSSR count). The molecule has 1 unspecified atom stereocenters. The average Bonchev–Trinajstić information content (AvgIpc) is 3.05. The van der Waals surface area contributed by atoms with Gasteiger partial charge in [0.2, 0.25) is 5.91 Å². The number of nitrogens with zero attached hydrogens (tertiary/aromatic N) is 1. The Morgan fingerprint density at radius 3 is 3.00 bits per heavy atom. The highest BCUT2D eigenvalue weighted by atomic mass is 35.5. The van der Waals surface area contributed by atoms with Gasteiger partial charge in [-0.2, -0.15) is 0 Å². The van der Waals surface area contributed by atoms with Gasteiger partial charge < -0.3 is 14.6 Å². The van der Waals surface area contributed by atoms with Crippen molar-refractivity contribution in [3.8, 4) is 0 Å². The Hall–Kier alpha value is -2.30. The molecule has 1 atom stereocenters. The number of fused-ring (bicyclic) bond motifs is 1. The molecular weight excluding hydrogens is 336 g/mol. The van der Waals surface area contributed by atoms with Gasteiger partial charge in [0.1, 0.15) is 6.10 Å². The molecule has 2 heterocycles. The number of benzene rings is 2. The van der Waals surface area contributed by atoms with Gasteiger partial charge in [0.25, 0.3) is 0 Å². The van der Waals surface area contributed by atoms with E-state index in [1.54, 1.807) is 0 Å². The lowest BCUT2D eigenvalue weighted by Gasteiger charge is -2.33. The summed E-state index contributed by atoms with van der Waals surface area (Å²) >= 11 is 6.07. The van der Waals surface area contributed by atoms with Crippen LogP contribution in [0.15, 0.2) is 54.7 Å². The topological polar surface area (TPSA) is 45.3 Å². The molecule has 0 aliphatic carbocycles. The molecule has 0 spiro atoms. The minimum Gasteiger partial charge on any atom is -0.370 e. The number of nitrogens with one attached hydrogen (secondary N) is 1. The van der Waals surface area contributed by atoms with E-state index in [0.717, 1.165) is 22.0 Å². The minimum atomic E-state index is -0.126. The van der Waals surface area contributed by atoms with E-state index < -0.39 is 0 Å². The van der Waals surface area contributed by atoms with Crippen molar-refractivity contribution in [2.24, 2.45) is 0 Å². The summed E-state index contributed by atoms with van der Waals surface area (Å²) in [5.41, 5.74) is 3.10. The summed E-state index contributed by atoms with van der Waals surface area (Å²) in [7, 11) is 0. The molecule has 1 aliphatic rings. The number of carbonyl (C=O) groups excluding carboxylic acids is 1. The molecule has 2 aromatic carbocycles. The van der Waals surface area contributed by atoms with E-state index in [4.69, 9.17) is 16.3 Å². The van der Waals surface area contributed by atoms with Crippen LogP contribution in [0.1, 0.15) is 17.2 Å². The second-order valence-electron chi connectivity index (χ2n) is 6.29. The third kappa shape index (κ3) is 3.41. The maximum absolute atomic E-state index is 12.8. The molecule has 25 heavy (non-hydrogen) atoms. The lowest BCUT2D eigenvalue weighted by molar-refractivity contribution is -0.138. The number of para-hydroxylation sites is 1. The lowest BCUT2D eigenvalue weighted by Crippen LogP contribution is -2.42. The van der Waals surface area contributed by atoms with Crippen molar-refractivity contribution in [2.75, 3.05) is 19.7 Å². The normalized spacial score (nSPS) is 17.8. The first kappa shape index (κ1) is 16.2. The fraction of sp³-hybridized carbons (Fsp3) is 0.250. The van der Waals surface area contributed by atoms with Crippen LogP contribution in [0.2, 0.25) is 5.02 Å². The van der Waals surface area contributed by atoms with Crippen molar-refractivity contribution in [1.82, 2.24) is 9.88 Å². The third-order valence-electron chi connectivity index (χ3n) is 4.66. The molecule has 3 aromatic rings. The van der Waals surface area contributed by atoms with Crippen molar-refractivity contribution >= 4 is 28.4 Å². The van der Waals surface area contributed by atoms with Gasteiger partial charge in [-0.05, 0) is 29.3 Å². The van der Waals surface area contributed by atoms with Crippen LogP contribution in [-0.4, -0.2) is 35.5 Å². The number of morpholine rings is 1. The molecule has 1 amide bonds. The molecule has 4 nitrogen and oxygen atoms in total. The van der Waals surface area contributed by atoms with E-state index in [1.807, 2.05) is 59.6 Å². The third-order valence-corrected chi connectivity index (χ3v) is 4.89. The van der Waals surface area contributed by atoms with Gasteiger partial charge in [-0.15, -0.1) is 0 Å². The van der Waals surface area contributed by atoms with Crippen molar-refractivity contribution in [3.63, 3.8) is 0 Å². The number of H-pyrrole nitrogens is 1. The highest BCUT2D eigenvalue weighted by Crippen LogP contribution is 2.25. The molecule has 1 aromatic heterocycles. The van der Waals surface area contributed by atoms with Crippen molar-refractivity contribution < 1.29 is 9.53 Å². The van der Waals surface area contributed by atoms with Crippen LogP contribution in [0.25, 0.3) is 10.9 Å². The number of hydrogen-bond acceptors (Lipinski definition) is 2. The minimum absolute atomic E-state index is 0.125. The van der Waals surface area contributed by atoms with Crippen LogP contribution >= 0.6 is 11.6 Å². The van der Waals surface area contributed by atoms with Crippen LogP contribution in [0.4, 0.5) is 0 Å². The Morgan fingerprint density at radius 2 is 2.12 bits per heavy atom. The van der Waals surface area contributed by atoms with Gasteiger partial charge in [0, 0.05) is 28.7 Å². The lowest BCUT2D eigenvalue weighted by atomic mass is 10.1. The van der Waals surface area contributed by atoms with E-state index >= 15 is 0 Å². The molecule has 5 heteroatoms. The van der Waals surface area contributed by atoms with Crippen LogP contribution in [0.3, 0.4) is 0 Å². The zero-order valence-electron chi connectivity index (χ0n) is 13.7. The molecule has 128 valence electrons. The molecule has 1 N–H and O–H groups in total. The average molecular weight is 355 g/mol. The van der Waals surface area contributed by atoms with E-state index in [0.29, 0.717) is 31.1 Å². The Morgan fingerprint density at radius 1 is 1.24 bits per heavy atom. The molecule has 0 saturated carbocycles. The highest BCUT2D eigenvalue weighted by Gasteiger charge is 2.26.